The van der Waals surface area contributed by atoms with Crippen LogP contribution < -0.4 is 5.32 Å². The van der Waals surface area contributed by atoms with E-state index in [0.29, 0.717) is 16.5 Å². The highest BCUT2D eigenvalue weighted by molar-refractivity contribution is 9.10. The lowest BCUT2D eigenvalue weighted by Gasteiger charge is -2.18. The number of hydrogen-bond donors (Lipinski definition) is 1. The van der Waals surface area contributed by atoms with Gasteiger partial charge in [0.2, 0.25) is 0 Å². The summed E-state index contributed by atoms with van der Waals surface area (Å²) in [5, 5.41) is 2.57. The first-order chi connectivity index (χ1) is 9.66. The molecule has 1 aromatic carbocycles. The summed E-state index contributed by atoms with van der Waals surface area (Å²) in [5.41, 5.74) is -0.649. The normalized spacial score (nSPS) is 11.6. The van der Waals surface area contributed by atoms with Crippen LogP contribution in [0.3, 0.4) is 0 Å². The molecule has 2 aromatic rings. The summed E-state index contributed by atoms with van der Waals surface area (Å²) in [7, 11) is 0. The van der Waals surface area contributed by atoms with Gasteiger partial charge in [0, 0.05) is 23.6 Å². The van der Waals surface area contributed by atoms with Gasteiger partial charge in [-0.3, -0.25) is 0 Å². The minimum Gasteiger partial charge on any atom is -0.338 e. The summed E-state index contributed by atoms with van der Waals surface area (Å²) >= 11 is 3.23. The molecule has 1 N–H and O–H groups in total. The van der Waals surface area contributed by atoms with Crippen LogP contribution in [0.5, 0.6) is 0 Å². The molecular weight excluding hydrogens is 347 g/mol. The van der Waals surface area contributed by atoms with E-state index in [-0.39, 0.29) is 16.9 Å². The van der Waals surface area contributed by atoms with E-state index in [4.69, 9.17) is 0 Å². The first kappa shape index (κ1) is 15.8. The molecule has 2 rings (SSSR count). The minimum atomic E-state index is -1.26. The van der Waals surface area contributed by atoms with Crippen molar-refractivity contribution in [2.24, 2.45) is 0 Å². The molecule has 0 saturated heterocycles. The van der Waals surface area contributed by atoms with Crippen LogP contribution in [-0.4, -0.2) is 9.97 Å². The molecule has 1 aromatic heterocycles. The largest absolute Gasteiger partial charge is 0.338 e. The molecule has 0 saturated carbocycles. The fraction of sp³-hybridized carbons (Fsp3) is 0.286. The zero-order chi connectivity index (χ0) is 15.8. The lowest BCUT2D eigenvalue weighted by molar-refractivity contribution is 0.498. The van der Waals surface area contributed by atoms with Gasteiger partial charge in [-0.1, -0.05) is 20.8 Å². The van der Waals surface area contributed by atoms with Gasteiger partial charge in [-0.05, 0) is 15.9 Å². The Hall–Kier alpha value is -1.63. The molecule has 0 unspecified atom stereocenters. The quantitative estimate of drug-likeness (QED) is 0.623. The Morgan fingerprint density at radius 1 is 1.05 bits per heavy atom. The molecule has 7 heteroatoms. The maximum absolute atomic E-state index is 13.6. The Morgan fingerprint density at radius 3 is 2.33 bits per heavy atom. The van der Waals surface area contributed by atoms with E-state index in [1.54, 1.807) is 0 Å². The first-order valence-corrected chi connectivity index (χ1v) is 6.93. The van der Waals surface area contributed by atoms with E-state index in [1.165, 1.54) is 6.07 Å². The van der Waals surface area contributed by atoms with Crippen LogP contribution in [-0.2, 0) is 5.41 Å². The summed E-state index contributed by atoms with van der Waals surface area (Å²) in [6.45, 7) is 5.75. The molecule has 3 nitrogen and oxygen atoms in total. The third-order valence-corrected chi connectivity index (χ3v) is 3.03. The number of rotatable bonds is 2. The molecule has 0 aliphatic heterocycles. The molecule has 0 amide bonds. The number of nitrogens with zero attached hydrogens (tertiary/aromatic N) is 2. The van der Waals surface area contributed by atoms with Crippen molar-refractivity contribution in [2.75, 3.05) is 5.32 Å². The highest BCUT2D eigenvalue weighted by atomic mass is 79.9. The molecular formula is C14H13BrF3N3. The number of anilines is 2. The molecule has 0 bridgehead atoms. The third-order valence-electron chi connectivity index (χ3n) is 2.62. The van der Waals surface area contributed by atoms with E-state index < -0.39 is 17.5 Å². The monoisotopic (exact) mass is 359 g/mol. The van der Waals surface area contributed by atoms with E-state index in [9.17, 15) is 13.2 Å². The highest BCUT2D eigenvalue weighted by Crippen LogP contribution is 2.26. The van der Waals surface area contributed by atoms with Crippen LogP contribution in [0.25, 0.3) is 0 Å². The zero-order valence-electron chi connectivity index (χ0n) is 11.6. The van der Waals surface area contributed by atoms with Crippen molar-refractivity contribution in [1.29, 1.82) is 0 Å². The average molecular weight is 360 g/mol. The third kappa shape index (κ3) is 3.72. The van der Waals surface area contributed by atoms with Crippen molar-refractivity contribution in [3.63, 3.8) is 0 Å². The second-order valence-electron chi connectivity index (χ2n) is 5.52. The van der Waals surface area contributed by atoms with Gasteiger partial charge >= 0.3 is 0 Å². The fourth-order valence-corrected chi connectivity index (χ4v) is 1.99. The number of nitrogens with one attached hydrogen (secondary N) is 1. The Labute approximate surface area is 128 Å². The highest BCUT2D eigenvalue weighted by Gasteiger charge is 2.19. The van der Waals surface area contributed by atoms with Gasteiger partial charge in [0.15, 0.2) is 11.6 Å². The van der Waals surface area contributed by atoms with E-state index in [1.807, 2.05) is 20.8 Å². The minimum absolute atomic E-state index is 0.241. The number of halogens is 4. The van der Waals surface area contributed by atoms with Crippen LogP contribution in [0, 0.1) is 17.5 Å². The molecule has 112 valence electrons. The molecule has 0 aliphatic rings. The maximum atomic E-state index is 13.6. The van der Waals surface area contributed by atoms with E-state index in [0.717, 1.165) is 6.07 Å². The van der Waals surface area contributed by atoms with Crippen LogP contribution in [0.1, 0.15) is 26.6 Å². The SMILES string of the molecule is CC(C)(C)c1nc(Br)cc(Nc2cc(F)cc(F)c2F)n1. The second-order valence-corrected chi connectivity index (χ2v) is 6.34. The summed E-state index contributed by atoms with van der Waals surface area (Å²) < 4.78 is 40.5. The van der Waals surface area contributed by atoms with Crippen molar-refractivity contribution in [1.82, 2.24) is 9.97 Å². The van der Waals surface area contributed by atoms with E-state index in [2.05, 4.69) is 31.2 Å². The van der Waals surface area contributed by atoms with Gasteiger partial charge < -0.3 is 5.32 Å². The second kappa shape index (κ2) is 5.63. The zero-order valence-corrected chi connectivity index (χ0v) is 13.2. The predicted molar refractivity (Wildman–Crippen MR) is 78.0 cm³/mol. The van der Waals surface area contributed by atoms with Crippen molar-refractivity contribution >= 4 is 27.4 Å². The summed E-state index contributed by atoms with van der Waals surface area (Å²) in [6.07, 6.45) is 0. The van der Waals surface area contributed by atoms with Crippen LogP contribution in [0.15, 0.2) is 22.8 Å². The molecule has 0 fully saturated rings. The Morgan fingerprint density at radius 2 is 1.71 bits per heavy atom. The number of aromatic nitrogens is 2. The van der Waals surface area contributed by atoms with Gasteiger partial charge in [0.05, 0.1) is 5.69 Å². The van der Waals surface area contributed by atoms with Crippen molar-refractivity contribution < 1.29 is 13.2 Å². The van der Waals surface area contributed by atoms with Crippen LogP contribution in [0.2, 0.25) is 0 Å². The van der Waals surface area contributed by atoms with Crippen LogP contribution >= 0.6 is 15.9 Å². The summed E-state index contributed by atoms with van der Waals surface area (Å²) in [4.78, 5) is 8.46. The smallest absolute Gasteiger partial charge is 0.182 e. The Balaban J connectivity index is 2.43. The van der Waals surface area contributed by atoms with Crippen molar-refractivity contribution in [2.45, 2.75) is 26.2 Å². The van der Waals surface area contributed by atoms with Gasteiger partial charge in [0.1, 0.15) is 22.1 Å². The summed E-state index contributed by atoms with van der Waals surface area (Å²) in [5.74, 6) is -2.55. The van der Waals surface area contributed by atoms with Gasteiger partial charge in [0.25, 0.3) is 0 Å². The number of benzene rings is 1. The van der Waals surface area contributed by atoms with Crippen LogP contribution in [0.4, 0.5) is 24.7 Å². The maximum Gasteiger partial charge on any atom is 0.182 e. The topological polar surface area (TPSA) is 37.8 Å². The molecule has 0 radical (unpaired) electrons. The molecule has 1 heterocycles. The molecule has 21 heavy (non-hydrogen) atoms. The lowest BCUT2D eigenvalue weighted by atomic mass is 9.96. The molecule has 0 spiro atoms. The standard InChI is InChI=1S/C14H13BrF3N3/c1-14(2,3)13-20-10(15)6-11(21-13)19-9-5-7(16)4-8(17)12(9)18/h4-6H,1-3H3,(H,19,20,21). The predicted octanol–water partition coefficient (Wildman–Crippen LogP) is 4.70. The van der Waals surface area contributed by atoms with Crippen molar-refractivity contribution in [3.05, 3.63) is 46.1 Å². The fourth-order valence-electron chi connectivity index (χ4n) is 1.60. The van der Waals surface area contributed by atoms with E-state index >= 15 is 0 Å². The van der Waals surface area contributed by atoms with Gasteiger partial charge in [-0.25, -0.2) is 23.1 Å². The number of hydrogen-bond acceptors (Lipinski definition) is 3. The summed E-state index contributed by atoms with van der Waals surface area (Å²) in [6, 6.07) is 2.85. The van der Waals surface area contributed by atoms with Gasteiger partial charge in [-0.2, -0.15) is 0 Å². The van der Waals surface area contributed by atoms with Crippen molar-refractivity contribution in [3.8, 4) is 0 Å². The average Bonchev–Trinajstić information content (AvgIpc) is 2.33. The molecule has 0 atom stereocenters. The Bertz CT molecular complexity index is 684. The van der Waals surface area contributed by atoms with Gasteiger partial charge in [-0.15, -0.1) is 0 Å². The lowest BCUT2D eigenvalue weighted by Crippen LogP contribution is -2.17. The Kier molecular flexibility index (Phi) is 4.22. The molecule has 0 aliphatic carbocycles. The first-order valence-electron chi connectivity index (χ1n) is 6.13.